The molecule has 0 aliphatic carbocycles. The Kier molecular flexibility index (Phi) is 4.42. The molecule has 0 spiro atoms. The van der Waals surface area contributed by atoms with E-state index in [1.54, 1.807) is 43.4 Å². The van der Waals surface area contributed by atoms with Gasteiger partial charge in [-0.2, -0.15) is 0 Å². The van der Waals surface area contributed by atoms with E-state index in [0.29, 0.717) is 17.1 Å². The molecular weight excluding hydrogens is 377 g/mol. The van der Waals surface area contributed by atoms with Gasteiger partial charge in [0.25, 0.3) is 11.6 Å². The van der Waals surface area contributed by atoms with Crippen LogP contribution in [0, 0.1) is 15.9 Å². The number of rotatable bonds is 3. The number of amidine groups is 1. The molecule has 1 amide bonds. The number of aliphatic imine (C=N–C) groups is 2. The molecule has 29 heavy (non-hydrogen) atoms. The monoisotopic (exact) mass is 393 g/mol. The van der Waals surface area contributed by atoms with Crippen molar-refractivity contribution < 1.29 is 14.1 Å². The zero-order valence-corrected chi connectivity index (χ0v) is 15.7. The van der Waals surface area contributed by atoms with Crippen molar-refractivity contribution in [2.45, 2.75) is 0 Å². The molecule has 2 heterocycles. The van der Waals surface area contributed by atoms with Gasteiger partial charge in [0, 0.05) is 43.6 Å². The van der Waals surface area contributed by atoms with Gasteiger partial charge in [0.2, 0.25) is 0 Å². The highest BCUT2D eigenvalue weighted by Gasteiger charge is 2.36. The molecule has 0 saturated carbocycles. The van der Waals surface area contributed by atoms with Gasteiger partial charge in [-0.1, -0.05) is 12.1 Å². The quantitative estimate of drug-likeness (QED) is 0.455. The van der Waals surface area contributed by atoms with E-state index in [0.717, 1.165) is 0 Å². The summed E-state index contributed by atoms with van der Waals surface area (Å²) in [4.78, 5) is 35.7. The van der Waals surface area contributed by atoms with Gasteiger partial charge in [-0.25, -0.2) is 9.38 Å². The highest BCUT2D eigenvalue weighted by Crippen LogP contribution is 2.34. The minimum Gasteiger partial charge on any atom is -0.382 e. The molecule has 9 heteroatoms. The van der Waals surface area contributed by atoms with E-state index in [2.05, 4.69) is 9.98 Å². The Morgan fingerprint density at radius 1 is 1.21 bits per heavy atom. The van der Waals surface area contributed by atoms with Crippen molar-refractivity contribution in [1.82, 2.24) is 4.90 Å². The van der Waals surface area contributed by atoms with Gasteiger partial charge >= 0.3 is 0 Å². The van der Waals surface area contributed by atoms with Gasteiger partial charge in [0.1, 0.15) is 17.3 Å². The lowest BCUT2D eigenvalue weighted by Crippen LogP contribution is -2.33. The zero-order chi connectivity index (χ0) is 20.7. The van der Waals surface area contributed by atoms with Crippen LogP contribution in [0.4, 0.5) is 15.8 Å². The van der Waals surface area contributed by atoms with E-state index < -0.39 is 10.7 Å². The summed E-state index contributed by atoms with van der Waals surface area (Å²) >= 11 is 0. The maximum atomic E-state index is 14.5. The lowest BCUT2D eigenvalue weighted by atomic mass is 9.99. The fourth-order valence-electron chi connectivity index (χ4n) is 3.29. The highest BCUT2D eigenvalue weighted by molar-refractivity contribution is 6.32. The second-order valence-electron chi connectivity index (χ2n) is 6.75. The van der Waals surface area contributed by atoms with Crippen LogP contribution >= 0.6 is 0 Å². The first-order valence-electron chi connectivity index (χ1n) is 8.75. The van der Waals surface area contributed by atoms with E-state index in [-0.39, 0.29) is 35.1 Å². The Labute approximate surface area is 165 Å². The Bertz CT molecular complexity index is 1140. The fourth-order valence-corrected chi connectivity index (χ4v) is 3.29. The maximum Gasteiger partial charge on any atom is 0.284 e. The first-order valence-corrected chi connectivity index (χ1v) is 8.75. The number of nitro benzene ring substituents is 1. The Morgan fingerprint density at radius 2 is 1.97 bits per heavy atom. The van der Waals surface area contributed by atoms with E-state index >= 15 is 0 Å². The molecule has 2 aliphatic rings. The number of carbonyl (C=O) groups is 1. The van der Waals surface area contributed by atoms with Crippen molar-refractivity contribution in [3.63, 3.8) is 0 Å². The third kappa shape index (κ3) is 3.16. The van der Waals surface area contributed by atoms with Crippen LogP contribution in [-0.4, -0.2) is 47.9 Å². The predicted molar refractivity (Wildman–Crippen MR) is 107 cm³/mol. The van der Waals surface area contributed by atoms with Crippen molar-refractivity contribution in [2.75, 3.05) is 25.5 Å². The molecule has 0 N–H and O–H groups in total. The van der Waals surface area contributed by atoms with E-state index in [9.17, 15) is 19.3 Å². The summed E-state index contributed by atoms with van der Waals surface area (Å²) in [6.45, 7) is 0.0304. The van der Waals surface area contributed by atoms with Crippen LogP contribution in [0.1, 0.15) is 11.1 Å². The van der Waals surface area contributed by atoms with Crippen LogP contribution in [0.5, 0.6) is 0 Å². The molecule has 0 aromatic heterocycles. The van der Waals surface area contributed by atoms with E-state index in [4.69, 9.17) is 0 Å². The van der Waals surface area contributed by atoms with Crippen molar-refractivity contribution in [3.05, 3.63) is 81.4 Å². The fraction of sp³-hybridized carbons (Fsp3) is 0.150. The second-order valence-corrected chi connectivity index (χ2v) is 6.75. The number of fused-ring (bicyclic) bond motifs is 3. The molecule has 0 radical (unpaired) electrons. The average Bonchev–Trinajstić information content (AvgIpc) is 2.88. The maximum absolute atomic E-state index is 14.5. The number of benzene rings is 2. The Balaban J connectivity index is 1.95. The number of non-ortho nitro benzene ring substituents is 1. The topological polar surface area (TPSA) is 91.4 Å². The van der Waals surface area contributed by atoms with Crippen LogP contribution in [0.3, 0.4) is 0 Å². The number of nitro groups is 1. The van der Waals surface area contributed by atoms with Gasteiger partial charge in [0.05, 0.1) is 22.9 Å². The number of anilines is 1. The third-order valence-corrected chi connectivity index (χ3v) is 4.50. The Hall–Kier alpha value is -3.88. The van der Waals surface area contributed by atoms with Crippen LogP contribution in [-0.2, 0) is 4.79 Å². The molecule has 0 unspecified atom stereocenters. The predicted octanol–water partition coefficient (Wildman–Crippen LogP) is 2.73. The number of hydrogen-bond donors (Lipinski definition) is 0. The van der Waals surface area contributed by atoms with Crippen molar-refractivity contribution in [3.8, 4) is 0 Å². The van der Waals surface area contributed by atoms with Gasteiger partial charge in [0.15, 0.2) is 0 Å². The second kappa shape index (κ2) is 6.93. The first-order chi connectivity index (χ1) is 13.9. The molecule has 4 rings (SSSR count). The average molecular weight is 393 g/mol. The molecule has 2 aromatic carbocycles. The summed E-state index contributed by atoms with van der Waals surface area (Å²) in [6.07, 6.45) is 1.59. The molecule has 0 bridgehead atoms. The lowest BCUT2D eigenvalue weighted by Gasteiger charge is -2.19. The van der Waals surface area contributed by atoms with Crippen molar-refractivity contribution in [2.24, 2.45) is 9.98 Å². The number of halogens is 1. The van der Waals surface area contributed by atoms with Crippen LogP contribution in [0.2, 0.25) is 0 Å². The third-order valence-electron chi connectivity index (χ3n) is 4.50. The molecular formula is C20H16FN5O3. The smallest absolute Gasteiger partial charge is 0.284 e. The summed E-state index contributed by atoms with van der Waals surface area (Å²) in [5.41, 5.74) is 1.18. The zero-order valence-electron chi connectivity index (χ0n) is 15.7. The summed E-state index contributed by atoms with van der Waals surface area (Å²) in [7, 11) is 3.55. The number of nitrogens with zero attached hydrogens (tertiary/aromatic N) is 5. The standard InChI is InChI=1S/C20H16FN5O3/c1-24(2)11-16-20(27)25-17-8-7-12(26(28)29)9-14(17)19(22-10-18(25)23-16)13-5-3-4-6-15(13)21/h3-9,11H,10H2,1-2H3. The summed E-state index contributed by atoms with van der Waals surface area (Å²) in [5.74, 6) is -0.495. The van der Waals surface area contributed by atoms with Crippen molar-refractivity contribution >= 4 is 28.8 Å². The van der Waals surface area contributed by atoms with Crippen LogP contribution in [0.25, 0.3) is 0 Å². The molecule has 2 aliphatic heterocycles. The van der Waals surface area contributed by atoms with Gasteiger partial charge in [-0.15, -0.1) is 0 Å². The molecule has 0 fully saturated rings. The van der Waals surface area contributed by atoms with Gasteiger partial charge in [-0.05, 0) is 18.2 Å². The molecule has 146 valence electrons. The van der Waals surface area contributed by atoms with Crippen LogP contribution in [0.15, 0.2) is 64.3 Å². The molecule has 2 aromatic rings. The molecule has 0 saturated heterocycles. The Morgan fingerprint density at radius 3 is 2.66 bits per heavy atom. The van der Waals surface area contributed by atoms with Crippen LogP contribution < -0.4 is 4.90 Å². The first kappa shape index (κ1) is 18.5. The van der Waals surface area contributed by atoms with E-state index in [1.807, 2.05) is 0 Å². The summed E-state index contributed by atoms with van der Waals surface area (Å²) < 4.78 is 14.5. The largest absolute Gasteiger partial charge is 0.382 e. The minimum atomic E-state index is -0.539. The van der Waals surface area contributed by atoms with Gasteiger partial charge < -0.3 is 4.90 Å². The molecule has 8 nitrogen and oxygen atoms in total. The van der Waals surface area contributed by atoms with Crippen molar-refractivity contribution in [1.29, 1.82) is 0 Å². The number of amides is 1. The number of hydrogen-bond acceptors (Lipinski definition) is 6. The SMILES string of the molecule is CN(C)C=C1N=C2CN=C(c3ccccc3F)c3cc([N+](=O)[O-])ccc3N2C1=O. The normalized spacial score (nSPS) is 16.7. The number of carbonyl (C=O) groups excluding carboxylic acids is 1. The summed E-state index contributed by atoms with van der Waals surface area (Å²) in [5, 5.41) is 11.3. The van der Waals surface area contributed by atoms with E-state index in [1.165, 1.54) is 29.2 Å². The summed E-state index contributed by atoms with van der Waals surface area (Å²) in [6, 6.07) is 10.1. The minimum absolute atomic E-state index is 0.0304. The molecule has 0 atom stereocenters. The van der Waals surface area contributed by atoms with Gasteiger partial charge in [-0.3, -0.25) is 24.8 Å². The lowest BCUT2D eigenvalue weighted by molar-refractivity contribution is -0.384. The highest BCUT2D eigenvalue weighted by atomic mass is 19.1.